The van der Waals surface area contributed by atoms with E-state index in [1.165, 1.54) is 12.8 Å². The highest BCUT2D eigenvalue weighted by molar-refractivity contribution is 5.92. The van der Waals surface area contributed by atoms with Crippen LogP contribution in [0.2, 0.25) is 0 Å². The number of amides is 1. The molecule has 1 unspecified atom stereocenters. The average molecular weight is 311 g/mol. The van der Waals surface area contributed by atoms with E-state index in [0.29, 0.717) is 5.69 Å². The molecule has 1 aromatic carbocycles. The molecule has 0 saturated heterocycles. The lowest BCUT2D eigenvalue weighted by molar-refractivity contribution is 0.0935. The Morgan fingerprint density at radius 2 is 1.91 bits per heavy atom. The molecule has 0 spiro atoms. The molecule has 0 fully saturated rings. The van der Waals surface area contributed by atoms with Crippen molar-refractivity contribution in [2.75, 3.05) is 11.9 Å². The van der Waals surface area contributed by atoms with Crippen LogP contribution in [0.3, 0.4) is 0 Å². The fourth-order valence-corrected chi connectivity index (χ4v) is 2.34. The van der Waals surface area contributed by atoms with Crippen LogP contribution >= 0.6 is 0 Å². The molecule has 0 saturated carbocycles. The summed E-state index contributed by atoms with van der Waals surface area (Å²) in [6.07, 6.45) is 5.29. The summed E-state index contributed by atoms with van der Waals surface area (Å²) in [6.45, 7) is 5.09. The molecule has 0 aliphatic carbocycles. The van der Waals surface area contributed by atoms with Gasteiger partial charge in [0.2, 0.25) is 0 Å². The number of hydrogen-bond donors (Lipinski definition) is 2. The maximum Gasteiger partial charge on any atom is 0.270 e. The van der Waals surface area contributed by atoms with Crippen LogP contribution in [-0.2, 0) is 0 Å². The Bertz CT molecular complexity index is 596. The summed E-state index contributed by atoms with van der Waals surface area (Å²) in [5, 5.41) is 6.29. The molecule has 4 heteroatoms. The SMILES string of the molecule is CCCCCNc1ccc(C(=O)NC(C)c2ccccc2)nc1. The fraction of sp³-hybridized carbons (Fsp3) is 0.368. The van der Waals surface area contributed by atoms with Crippen LogP contribution in [0.15, 0.2) is 48.7 Å². The van der Waals surface area contributed by atoms with Crippen LogP contribution in [0.25, 0.3) is 0 Å². The van der Waals surface area contributed by atoms with Crippen molar-refractivity contribution in [1.82, 2.24) is 10.3 Å². The number of hydrogen-bond acceptors (Lipinski definition) is 3. The summed E-state index contributed by atoms with van der Waals surface area (Å²) in [5.41, 5.74) is 2.47. The second-order valence-corrected chi connectivity index (χ2v) is 5.67. The number of aromatic nitrogens is 1. The molecule has 0 radical (unpaired) electrons. The minimum atomic E-state index is -0.154. The van der Waals surface area contributed by atoms with Gasteiger partial charge in [-0.25, -0.2) is 4.98 Å². The van der Waals surface area contributed by atoms with Crippen LogP contribution in [0.5, 0.6) is 0 Å². The molecule has 1 amide bonds. The van der Waals surface area contributed by atoms with E-state index in [0.717, 1.165) is 24.2 Å². The second kappa shape index (κ2) is 8.93. The van der Waals surface area contributed by atoms with E-state index in [1.807, 2.05) is 43.3 Å². The largest absolute Gasteiger partial charge is 0.384 e. The zero-order chi connectivity index (χ0) is 16.5. The third-order valence-electron chi connectivity index (χ3n) is 3.75. The number of unbranched alkanes of at least 4 members (excludes halogenated alkanes) is 2. The summed E-state index contributed by atoms with van der Waals surface area (Å²) >= 11 is 0. The molecule has 4 nitrogen and oxygen atoms in total. The molecule has 1 atom stereocenters. The number of nitrogens with one attached hydrogen (secondary N) is 2. The molecular weight excluding hydrogens is 286 g/mol. The Labute approximate surface area is 138 Å². The maximum atomic E-state index is 12.2. The third kappa shape index (κ3) is 5.40. The topological polar surface area (TPSA) is 54.0 Å². The minimum Gasteiger partial charge on any atom is -0.384 e. The standard InChI is InChI=1S/C19H25N3O/c1-3-4-8-13-20-17-11-12-18(21-14-17)19(23)22-15(2)16-9-6-5-7-10-16/h5-7,9-12,14-15,20H,3-4,8,13H2,1-2H3,(H,22,23). The lowest BCUT2D eigenvalue weighted by atomic mass is 10.1. The molecule has 1 heterocycles. The average Bonchev–Trinajstić information content (AvgIpc) is 2.60. The summed E-state index contributed by atoms with van der Waals surface area (Å²) in [4.78, 5) is 16.5. The van der Waals surface area contributed by atoms with Crippen molar-refractivity contribution in [2.45, 2.75) is 39.2 Å². The molecule has 2 rings (SSSR count). The van der Waals surface area contributed by atoms with Gasteiger partial charge in [-0.2, -0.15) is 0 Å². The highest BCUT2D eigenvalue weighted by Gasteiger charge is 2.12. The number of anilines is 1. The Morgan fingerprint density at radius 1 is 1.13 bits per heavy atom. The Hall–Kier alpha value is -2.36. The highest BCUT2D eigenvalue weighted by atomic mass is 16.1. The third-order valence-corrected chi connectivity index (χ3v) is 3.75. The number of pyridine rings is 1. The Morgan fingerprint density at radius 3 is 2.57 bits per heavy atom. The van der Waals surface area contributed by atoms with Crippen molar-refractivity contribution in [3.05, 3.63) is 59.9 Å². The molecule has 2 aromatic rings. The predicted octanol–water partition coefficient (Wildman–Crippen LogP) is 4.17. The van der Waals surface area contributed by atoms with Gasteiger partial charge in [0.1, 0.15) is 5.69 Å². The van der Waals surface area contributed by atoms with Crippen molar-refractivity contribution in [3.8, 4) is 0 Å². The fourth-order valence-electron chi connectivity index (χ4n) is 2.34. The molecule has 2 N–H and O–H groups in total. The van der Waals surface area contributed by atoms with Crippen LogP contribution in [0.1, 0.15) is 55.2 Å². The summed E-state index contributed by atoms with van der Waals surface area (Å²) in [5.74, 6) is -0.154. The smallest absolute Gasteiger partial charge is 0.270 e. The lowest BCUT2D eigenvalue weighted by Gasteiger charge is -2.14. The van der Waals surface area contributed by atoms with E-state index >= 15 is 0 Å². The first-order valence-corrected chi connectivity index (χ1v) is 8.26. The minimum absolute atomic E-state index is 0.0441. The molecule has 1 aromatic heterocycles. The van der Waals surface area contributed by atoms with E-state index in [4.69, 9.17) is 0 Å². The van der Waals surface area contributed by atoms with Gasteiger partial charge in [-0.3, -0.25) is 4.79 Å². The van der Waals surface area contributed by atoms with Gasteiger partial charge < -0.3 is 10.6 Å². The van der Waals surface area contributed by atoms with Crippen molar-refractivity contribution < 1.29 is 4.79 Å². The van der Waals surface area contributed by atoms with Gasteiger partial charge in [0.25, 0.3) is 5.91 Å². The lowest BCUT2D eigenvalue weighted by Crippen LogP contribution is -2.27. The van der Waals surface area contributed by atoms with Crippen molar-refractivity contribution >= 4 is 11.6 Å². The maximum absolute atomic E-state index is 12.2. The summed E-state index contributed by atoms with van der Waals surface area (Å²) in [6, 6.07) is 13.5. The van der Waals surface area contributed by atoms with Crippen molar-refractivity contribution in [2.24, 2.45) is 0 Å². The molecule has 0 bridgehead atoms. The van der Waals surface area contributed by atoms with Gasteiger partial charge in [0, 0.05) is 6.54 Å². The van der Waals surface area contributed by atoms with Crippen LogP contribution < -0.4 is 10.6 Å². The van der Waals surface area contributed by atoms with Gasteiger partial charge >= 0.3 is 0 Å². The first-order valence-electron chi connectivity index (χ1n) is 8.26. The van der Waals surface area contributed by atoms with E-state index in [-0.39, 0.29) is 11.9 Å². The molecular formula is C19H25N3O. The van der Waals surface area contributed by atoms with Gasteiger partial charge in [-0.15, -0.1) is 0 Å². The summed E-state index contributed by atoms with van der Waals surface area (Å²) < 4.78 is 0. The van der Waals surface area contributed by atoms with Crippen LogP contribution in [0.4, 0.5) is 5.69 Å². The van der Waals surface area contributed by atoms with Crippen LogP contribution in [0, 0.1) is 0 Å². The highest BCUT2D eigenvalue weighted by Crippen LogP contribution is 2.13. The van der Waals surface area contributed by atoms with Gasteiger partial charge in [-0.1, -0.05) is 50.1 Å². The van der Waals surface area contributed by atoms with Crippen LogP contribution in [-0.4, -0.2) is 17.4 Å². The quantitative estimate of drug-likeness (QED) is 0.719. The van der Waals surface area contributed by atoms with Gasteiger partial charge in [0.15, 0.2) is 0 Å². The Kier molecular flexibility index (Phi) is 6.60. The second-order valence-electron chi connectivity index (χ2n) is 5.67. The van der Waals surface area contributed by atoms with Crippen molar-refractivity contribution in [1.29, 1.82) is 0 Å². The summed E-state index contributed by atoms with van der Waals surface area (Å²) in [7, 11) is 0. The Balaban J connectivity index is 1.87. The molecule has 0 aliphatic rings. The van der Waals surface area contributed by atoms with Crippen molar-refractivity contribution in [3.63, 3.8) is 0 Å². The molecule has 0 aliphatic heterocycles. The zero-order valence-electron chi connectivity index (χ0n) is 13.9. The normalized spacial score (nSPS) is 11.7. The number of nitrogens with zero attached hydrogens (tertiary/aromatic N) is 1. The van der Waals surface area contributed by atoms with E-state index in [1.54, 1.807) is 12.3 Å². The van der Waals surface area contributed by atoms with E-state index in [2.05, 4.69) is 22.5 Å². The first-order chi connectivity index (χ1) is 11.2. The monoisotopic (exact) mass is 311 g/mol. The first kappa shape index (κ1) is 17.0. The number of carbonyl (C=O) groups is 1. The molecule has 23 heavy (non-hydrogen) atoms. The van der Waals surface area contributed by atoms with E-state index in [9.17, 15) is 4.79 Å². The van der Waals surface area contributed by atoms with Gasteiger partial charge in [-0.05, 0) is 31.0 Å². The van der Waals surface area contributed by atoms with Gasteiger partial charge in [0.05, 0.1) is 17.9 Å². The molecule has 122 valence electrons. The number of rotatable bonds is 8. The zero-order valence-corrected chi connectivity index (χ0v) is 13.9. The predicted molar refractivity (Wildman–Crippen MR) is 94.6 cm³/mol. The van der Waals surface area contributed by atoms with E-state index < -0.39 is 0 Å². The number of carbonyl (C=O) groups excluding carboxylic acids is 1. The number of benzene rings is 1.